The Bertz CT molecular complexity index is 1050. The van der Waals surface area contributed by atoms with E-state index in [-0.39, 0.29) is 36.2 Å². The van der Waals surface area contributed by atoms with Crippen molar-refractivity contribution in [2.45, 2.75) is 20.3 Å². The summed E-state index contributed by atoms with van der Waals surface area (Å²) in [5.41, 5.74) is 2.70. The third kappa shape index (κ3) is 6.07. The van der Waals surface area contributed by atoms with Crippen molar-refractivity contribution in [3.8, 4) is 5.75 Å². The molecule has 1 heterocycles. The number of ether oxygens (including phenoxy) is 2. The summed E-state index contributed by atoms with van der Waals surface area (Å²) in [6.07, 6.45) is 2.42. The molecule has 2 aromatic rings. The highest BCUT2D eigenvalue weighted by Crippen LogP contribution is 2.26. The van der Waals surface area contributed by atoms with Crippen molar-refractivity contribution >= 4 is 23.7 Å². The van der Waals surface area contributed by atoms with Gasteiger partial charge in [0.1, 0.15) is 17.0 Å². The minimum Gasteiger partial charge on any atom is -0.505 e. The number of carbonyl (C=O) groups is 2. The molecule has 2 aromatic carbocycles. The van der Waals surface area contributed by atoms with Gasteiger partial charge in [0.15, 0.2) is 12.4 Å². The first-order chi connectivity index (χ1) is 15.5. The van der Waals surface area contributed by atoms with Crippen LogP contribution in [0.4, 0.5) is 0 Å². The first-order valence-corrected chi connectivity index (χ1v) is 10.4. The summed E-state index contributed by atoms with van der Waals surface area (Å²) in [7, 11) is 0. The number of hydrogen-bond donors (Lipinski definition) is 2. The number of amides is 1. The predicted molar refractivity (Wildman–Crippen MR) is 122 cm³/mol. The maximum atomic E-state index is 12.0. The summed E-state index contributed by atoms with van der Waals surface area (Å²) in [6.45, 7) is 4.03. The molecule has 0 saturated heterocycles. The molecule has 0 aliphatic carbocycles. The number of rotatable bonds is 9. The van der Waals surface area contributed by atoms with Crippen molar-refractivity contribution in [2.24, 2.45) is 4.99 Å². The third-order valence-electron chi connectivity index (χ3n) is 4.74. The number of aliphatic hydroxyl groups is 1. The molecule has 1 aliphatic heterocycles. The number of nitrogens with one attached hydrogen (secondary N) is 1. The molecule has 7 nitrogen and oxygen atoms in total. The SMILES string of the molecule is CCOC(=O)C1=C(O)C(=Cc2ccc(OCC(=O)NCCc3ccccc3)cc2)N=C1C. The molecular weight excluding hydrogens is 408 g/mol. The summed E-state index contributed by atoms with van der Waals surface area (Å²) in [6, 6.07) is 16.9. The molecule has 0 bridgehead atoms. The van der Waals surface area contributed by atoms with Gasteiger partial charge in [-0.1, -0.05) is 42.5 Å². The molecule has 7 heteroatoms. The van der Waals surface area contributed by atoms with E-state index in [9.17, 15) is 14.7 Å². The number of nitrogens with zero attached hydrogens (tertiary/aromatic N) is 1. The summed E-state index contributed by atoms with van der Waals surface area (Å²) in [5, 5.41) is 13.2. The molecule has 0 aromatic heterocycles. The topological polar surface area (TPSA) is 97.2 Å². The lowest BCUT2D eigenvalue weighted by Crippen LogP contribution is -2.30. The van der Waals surface area contributed by atoms with Crippen LogP contribution in [0, 0.1) is 0 Å². The van der Waals surface area contributed by atoms with Gasteiger partial charge in [0.2, 0.25) is 0 Å². The van der Waals surface area contributed by atoms with Crippen molar-refractivity contribution in [3.63, 3.8) is 0 Å². The van der Waals surface area contributed by atoms with Gasteiger partial charge in [-0.2, -0.15) is 0 Å². The van der Waals surface area contributed by atoms with Crippen molar-refractivity contribution in [3.05, 3.63) is 82.8 Å². The first kappa shape index (κ1) is 22.8. The van der Waals surface area contributed by atoms with Crippen LogP contribution in [0.3, 0.4) is 0 Å². The predicted octanol–water partition coefficient (Wildman–Crippen LogP) is 3.61. The van der Waals surface area contributed by atoms with Crippen molar-refractivity contribution in [1.29, 1.82) is 0 Å². The standard InChI is InChI=1S/C25H26N2O5/c1-3-31-25(30)23-17(2)27-21(24(23)29)15-19-9-11-20(12-10-19)32-16-22(28)26-14-13-18-7-5-4-6-8-18/h4-12,15,29H,3,13-14,16H2,1-2H3,(H,26,28). The van der Waals surface area contributed by atoms with E-state index in [0.717, 1.165) is 17.5 Å². The quantitative estimate of drug-likeness (QED) is 0.588. The first-order valence-electron chi connectivity index (χ1n) is 10.4. The average molecular weight is 434 g/mol. The number of esters is 1. The fourth-order valence-corrected chi connectivity index (χ4v) is 3.15. The van der Waals surface area contributed by atoms with Crippen LogP contribution in [0.1, 0.15) is 25.0 Å². The Hall–Kier alpha value is -3.87. The summed E-state index contributed by atoms with van der Waals surface area (Å²) >= 11 is 0. The molecule has 0 spiro atoms. The van der Waals surface area contributed by atoms with Gasteiger partial charge in [-0.05, 0) is 49.6 Å². The van der Waals surface area contributed by atoms with E-state index < -0.39 is 5.97 Å². The molecule has 3 rings (SSSR count). The molecule has 1 amide bonds. The van der Waals surface area contributed by atoms with E-state index in [0.29, 0.717) is 18.0 Å². The van der Waals surface area contributed by atoms with Gasteiger partial charge >= 0.3 is 5.97 Å². The zero-order valence-corrected chi connectivity index (χ0v) is 18.1. The Labute approximate surface area is 187 Å². The number of benzene rings is 2. The van der Waals surface area contributed by atoms with E-state index in [1.807, 2.05) is 30.3 Å². The van der Waals surface area contributed by atoms with Gasteiger partial charge in [-0.3, -0.25) is 4.79 Å². The highest BCUT2D eigenvalue weighted by atomic mass is 16.5. The lowest BCUT2D eigenvalue weighted by atomic mass is 10.1. The lowest BCUT2D eigenvalue weighted by molar-refractivity contribution is -0.138. The summed E-state index contributed by atoms with van der Waals surface area (Å²) in [4.78, 5) is 28.2. The van der Waals surface area contributed by atoms with E-state index in [1.165, 1.54) is 0 Å². The Kier molecular flexibility index (Phi) is 7.80. The smallest absolute Gasteiger partial charge is 0.343 e. The van der Waals surface area contributed by atoms with Gasteiger partial charge < -0.3 is 19.9 Å². The second-order valence-electron chi connectivity index (χ2n) is 7.11. The second kappa shape index (κ2) is 10.9. The molecule has 0 unspecified atom stereocenters. The number of aliphatic hydroxyl groups excluding tert-OH is 1. The van der Waals surface area contributed by atoms with E-state index in [4.69, 9.17) is 9.47 Å². The van der Waals surface area contributed by atoms with Crippen LogP contribution in [0.15, 0.2) is 76.6 Å². The Morgan fingerprint density at radius 2 is 1.81 bits per heavy atom. The maximum Gasteiger partial charge on any atom is 0.343 e. The fraction of sp³-hybridized carbons (Fsp3) is 0.240. The van der Waals surface area contributed by atoms with Gasteiger partial charge in [0, 0.05) is 6.54 Å². The highest BCUT2D eigenvalue weighted by Gasteiger charge is 2.27. The molecule has 0 fully saturated rings. The average Bonchev–Trinajstić information content (AvgIpc) is 3.07. The highest BCUT2D eigenvalue weighted by molar-refractivity contribution is 6.22. The Balaban J connectivity index is 1.52. The Morgan fingerprint density at radius 3 is 2.50 bits per heavy atom. The molecule has 32 heavy (non-hydrogen) atoms. The van der Waals surface area contributed by atoms with E-state index >= 15 is 0 Å². The Morgan fingerprint density at radius 1 is 1.09 bits per heavy atom. The van der Waals surface area contributed by atoms with Crippen LogP contribution < -0.4 is 10.1 Å². The van der Waals surface area contributed by atoms with Crippen LogP contribution in [-0.4, -0.2) is 42.5 Å². The van der Waals surface area contributed by atoms with Crippen molar-refractivity contribution in [1.82, 2.24) is 5.32 Å². The minimum atomic E-state index is -0.597. The number of hydrogen-bond acceptors (Lipinski definition) is 6. The molecule has 0 atom stereocenters. The third-order valence-corrected chi connectivity index (χ3v) is 4.74. The zero-order chi connectivity index (χ0) is 22.9. The fourth-order valence-electron chi connectivity index (χ4n) is 3.15. The van der Waals surface area contributed by atoms with E-state index in [2.05, 4.69) is 10.3 Å². The van der Waals surface area contributed by atoms with Crippen LogP contribution >= 0.6 is 0 Å². The molecule has 166 valence electrons. The van der Waals surface area contributed by atoms with Gasteiger partial charge in [-0.15, -0.1) is 0 Å². The van der Waals surface area contributed by atoms with Crippen molar-refractivity contribution < 1.29 is 24.2 Å². The maximum absolute atomic E-state index is 12.0. The molecule has 0 radical (unpaired) electrons. The molecular formula is C25H26N2O5. The molecule has 1 aliphatic rings. The second-order valence-corrected chi connectivity index (χ2v) is 7.11. The van der Waals surface area contributed by atoms with Crippen LogP contribution in [0.25, 0.3) is 6.08 Å². The lowest BCUT2D eigenvalue weighted by Gasteiger charge is -2.08. The largest absolute Gasteiger partial charge is 0.505 e. The number of carbonyl (C=O) groups excluding carboxylic acids is 2. The monoisotopic (exact) mass is 434 g/mol. The van der Waals surface area contributed by atoms with E-state index in [1.54, 1.807) is 44.2 Å². The summed E-state index contributed by atoms with van der Waals surface area (Å²) in [5.74, 6) is -0.443. The molecule has 2 N–H and O–H groups in total. The van der Waals surface area contributed by atoms with Crippen LogP contribution in [0.2, 0.25) is 0 Å². The molecule has 0 saturated carbocycles. The van der Waals surface area contributed by atoms with Gasteiger partial charge in [0.25, 0.3) is 5.91 Å². The number of aliphatic imine (C=N–C) groups is 1. The minimum absolute atomic E-state index is 0.0782. The van der Waals surface area contributed by atoms with Gasteiger partial charge in [-0.25, -0.2) is 9.79 Å². The normalized spacial score (nSPS) is 14.3. The van der Waals surface area contributed by atoms with Gasteiger partial charge in [0.05, 0.1) is 12.3 Å². The van der Waals surface area contributed by atoms with Crippen LogP contribution in [-0.2, 0) is 20.7 Å². The summed E-state index contributed by atoms with van der Waals surface area (Å²) < 4.78 is 10.5. The van der Waals surface area contributed by atoms with Crippen molar-refractivity contribution in [2.75, 3.05) is 19.8 Å². The van der Waals surface area contributed by atoms with Crippen LogP contribution in [0.5, 0.6) is 5.75 Å². The zero-order valence-electron chi connectivity index (χ0n) is 18.1.